The molecule has 30 heavy (non-hydrogen) atoms. The van der Waals surface area contributed by atoms with Crippen molar-refractivity contribution in [3.63, 3.8) is 0 Å². The van der Waals surface area contributed by atoms with Crippen LogP contribution in [0, 0.1) is 0 Å². The maximum Gasteiger partial charge on any atom is 0.231 e. The Balaban J connectivity index is 1.27. The van der Waals surface area contributed by atoms with Gasteiger partial charge in [-0.3, -0.25) is 9.89 Å². The molecule has 0 amide bonds. The average Bonchev–Trinajstić information content (AvgIpc) is 3.22. The third-order valence-corrected chi connectivity index (χ3v) is 5.30. The van der Waals surface area contributed by atoms with Crippen molar-refractivity contribution in [3.05, 3.63) is 59.2 Å². The van der Waals surface area contributed by atoms with Crippen LogP contribution in [0.4, 0.5) is 0 Å². The molecule has 1 fully saturated rings. The van der Waals surface area contributed by atoms with Gasteiger partial charge in [-0.05, 0) is 35.7 Å². The Morgan fingerprint density at radius 3 is 2.60 bits per heavy atom. The molecular weight excluding hydrogens is 380 g/mol. The second kappa shape index (κ2) is 9.82. The first-order valence-corrected chi connectivity index (χ1v) is 10.4. The number of hydrogen-bond donors (Lipinski definition) is 2. The predicted octanol–water partition coefficient (Wildman–Crippen LogP) is 2.50. The molecule has 0 aromatic heterocycles. The van der Waals surface area contributed by atoms with Gasteiger partial charge in [-0.2, -0.15) is 0 Å². The highest BCUT2D eigenvalue weighted by Crippen LogP contribution is 2.32. The van der Waals surface area contributed by atoms with Crippen LogP contribution in [0.5, 0.6) is 11.5 Å². The summed E-state index contributed by atoms with van der Waals surface area (Å²) in [6, 6.07) is 14.7. The van der Waals surface area contributed by atoms with Crippen molar-refractivity contribution < 1.29 is 14.2 Å². The molecule has 1 atom stereocenters. The minimum absolute atomic E-state index is 0.291. The molecule has 2 N–H and O–H groups in total. The van der Waals surface area contributed by atoms with Gasteiger partial charge >= 0.3 is 0 Å². The number of guanidine groups is 1. The summed E-state index contributed by atoms with van der Waals surface area (Å²) < 4.78 is 16.4. The topological polar surface area (TPSA) is 67.4 Å². The highest BCUT2D eigenvalue weighted by Gasteiger charge is 2.16. The fourth-order valence-electron chi connectivity index (χ4n) is 3.77. The van der Waals surface area contributed by atoms with Crippen molar-refractivity contribution in [1.29, 1.82) is 0 Å². The molecule has 7 heteroatoms. The summed E-state index contributed by atoms with van der Waals surface area (Å²) in [6.45, 7) is 7.54. The van der Waals surface area contributed by atoms with E-state index in [1.54, 1.807) is 7.05 Å². The van der Waals surface area contributed by atoms with Crippen LogP contribution in [0.1, 0.15) is 23.6 Å². The average molecular weight is 411 g/mol. The Morgan fingerprint density at radius 2 is 1.80 bits per heavy atom. The van der Waals surface area contributed by atoms with E-state index < -0.39 is 0 Å². The van der Waals surface area contributed by atoms with Gasteiger partial charge in [0.05, 0.1) is 12.7 Å². The molecule has 2 aromatic carbocycles. The van der Waals surface area contributed by atoms with Crippen LogP contribution in [0.3, 0.4) is 0 Å². The Bertz CT molecular complexity index is 887. The van der Waals surface area contributed by atoms with Crippen molar-refractivity contribution in [2.24, 2.45) is 4.99 Å². The summed E-state index contributed by atoms with van der Waals surface area (Å²) >= 11 is 0. The number of hydrogen-bond acceptors (Lipinski definition) is 5. The van der Waals surface area contributed by atoms with E-state index in [2.05, 4.69) is 51.7 Å². The van der Waals surface area contributed by atoms with E-state index in [-0.39, 0.29) is 0 Å². The Hall–Kier alpha value is -2.77. The van der Waals surface area contributed by atoms with Gasteiger partial charge < -0.3 is 24.8 Å². The van der Waals surface area contributed by atoms with E-state index in [1.165, 1.54) is 11.1 Å². The summed E-state index contributed by atoms with van der Waals surface area (Å²) in [5.74, 6) is 2.36. The molecule has 2 aliphatic rings. The number of aliphatic imine (C=N–C) groups is 1. The van der Waals surface area contributed by atoms with Crippen LogP contribution < -0.4 is 20.1 Å². The molecule has 0 saturated carbocycles. The lowest BCUT2D eigenvalue weighted by molar-refractivity contribution is -0.0212. The molecule has 1 unspecified atom stereocenters. The molecule has 1 saturated heterocycles. The lowest BCUT2D eigenvalue weighted by Crippen LogP contribution is -2.40. The van der Waals surface area contributed by atoms with Gasteiger partial charge in [0.2, 0.25) is 6.79 Å². The second-order valence-corrected chi connectivity index (χ2v) is 7.70. The molecular formula is C23H30N4O3. The fraction of sp³-hybridized carbons (Fsp3) is 0.435. The third-order valence-electron chi connectivity index (χ3n) is 5.30. The van der Waals surface area contributed by atoms with Crippen LogP contribution in [0.2, 0.25) is 0 Å². The fourth-order valence-corrected chi connectivity index (χ4v) is 3.77. The van der Waals surface area contributed by atoms with E-state index in [0.29, 0.717) is 26.0 Å². The minimum Gasteiger partial charge on any atom is -0.454 e. The van der Waals surface area contributed by atoms with Gasteiger partial charge in [0.25, 0.3) is 0 Å². The molecule has 0 aliphatic carbocycles. The highest BCUT2D eigenvalue weighted by molar-refractivity contribution is 5.79. The Labute approximate surface area is 178 Å². The maximum atomic E-state index is 5.64. The lowest BCUT2D eigenvalue weighted by Gasteiger charge is -2.31. The van der Waals surface area contributed by atoms with E-state index in [0.717, 1.165) is 49.3 Å². The molecule has 4 rings (SSSR count). The van der Waals surface area contributed by atoms with Crippen LogP contribution in [-0.4, -0.2) is 50.5 Å². The highest BCUT2D eigenvalue weighted by atomic mass is 16.7. The van der Waals surface area contributed by atoms with Gasteiger partial charge in [0.1, 0.15) is 0 Å². The number of ether oxygens (including phenoxy) is 3. The lowest BCUT2D eigenvalue weighted by atomic mass is 10.1. The van der Waals surface area contributed by atoms with Crippen molar-refractivity contribution in [3.8, 4) is 11.5 Å². The number of rotatable bonds is 6. The zero-order valence-electron chi connectivity index (χ0n) is 17.7. The van der Waals surface area contributed by atoms with Crippen LogP contribution in [0.15, 0.2) is 47.5 Å². The number of nitrogens with one attached hydrogen (secondary N) is 2. The van der Waals surface area contributed by atoms with Crippen molar-refractivity contribution in [2.45, 2.75) is 32.7 Å². The van der Waals surface area contributed by atoms with Crippen LogP contribution in [-0.2, 0) is 24.4 Å². The zero-order valence-corrected chi connectivity index (χ0v) is 17.7. The smallest absolute Gasteiger partial charge is 0.231 e. The quantitative estimate of drug-likeness (QED) is 0.564. The summed E-state index contributed by atoms with van der Waals surface area (Å²) in [7, 11) is 1.78. The molecule has 160 valence electrons. The third kappa shape index (κ3) is 5.43. The molecule has 0 bridgehead atoms. The van der Waals surface area contributed by atoms with Gasteiger partial charge in [0.15, 0.2) is 17.5 Å². The molecule has 0 spiro atoms. The van der Waals surface area contributed by atoms with E-state index in [1.807, 2.05) is 18.2 Å². The van der Waals surface area contributed by atoms with E-state index in [4.69, 9.17) is 14.2 Å². The zero-order chi connectivity index (χ0) is 20.8. The number of morpholine rings is 1. The number of nitrogens with zero attached hydrogens (tertiary/aromatic N) is 2. The number of fused-ring (bicyclic) bond motifs is 1. The summed E-state index contributed by atoms with van der Waals surface area (Å²) in [6.07, 6.45) is 0.308. The monoisotopic (exact) mass is 410 g/mol. The van der Waals surface area contributed by atoms with Crippen molar-refractivity contribution >= 4 is 5.96 Å². The summed E-state index contributed by atoms with van der Waals surface area (Å²) in [4.78, 5) is 6.78. The normalized spacial score (nSPS) is 19.0. The van der Waals surface area contributed by atoms with Crippen molar-refractivity contribution in [2.75, 3.05) is 33.5 Å². The van der Waals surface area contributed by atoms with E-state index in [9.17, 15) is 0 Å². The summed E-state index contributed by atoms with van der Waals surface area (Å²) in [5.41, 5.74) is 3.68. The first-order chi connectivity index (χ1) is 14.7. The Kier molecular flexibility index (Phi) is 6.71. The standard InChI is InChI=1S/C23H30N4O3/c1-17-14-27(8-9-28-17)15-20-5-3-4-18(10-20)12-25-23(24-2)26-13-19-6-7-21-22(11-19)30-16-29-21/h3-7,10-11,17H,8-9,12-16H2,1-2H3,(H2,24,25,26). The first-order valence-electron chi connectivity index (χ1n) is 10.4. The van der Waals surface area contributed by atoms with Gasteiger partial charge in [-0.25, -0.2) is 0 Å². The summed E-state index contributed by atoms with van der Waals surface area (Å²) in [5, 5.41) is 6.75. The SMILES string of the molecule is CN=C(NCc1cccc(CN2CCOC(C)C2)c1)NCc1ccc2c(c1)OCO2. The predicted molar refractivity (Wildman–Crippen MR) is 117 cm³/mol. The van der Waals surface area contributed by atoms with Gasteiger partial charge in [-0.1, -0.05) is 30.3 Å². The van der Waals surface area contributed by atoms with Crippen LogP contribution in [0.25, 0.3) is 0 Å². The van der Waals surface area contributed by atoms with Gasteiger partial charge in [0, 0.05) is 39.8 Å². The van der Waals surface area contributed by atoms with Gasteiger partial charge in [-0.15, -0.1) is 0 Å². The minimum atomic E-state index is 0.291. The second-order valence-electron chi connectivity index (χ2n) is 7.70. The number of benzene rings is 2. The Morgan fingerprint density at radius 1 is 1.03 bits per heavy atom. The maximum absolute atomic E-state index is 5.64. The molecule has 2 heterocycles. The molecule has 2 aliphatic heterocycles. The van der Waals surface area contributed by atoms with Crippen LogP contribution >= 0.6 is 0 Å². The molecule has 7 nitrogen and oxygen atoms in total. The molecule has 2 aromatic rings. The molecule has 0 radical (unpaired) electrons. The van der Waals surface area contributed by atoms with Crippen molar-refractivity contribution in [1.82, 2.24) is 15.5 Å². The first kappa shape index (κ1) is 20.5. The largest absolute Gasteiger partial charge is 0.454 e. The van der Waals surface area contributed by atoms with E-state index >= 15 is 0 Å².